The second-order valence-corrected chi connectivity index (χ2v) is 8.20. The molecule has 4 aromatic rings. The van der Waals surface area contributed by atoms with Crippen LogP contribution in [0.5, 0.6) is 0 Å². The summed E-state index contributed by atoms with van der Waals surface area (Å²) in [6, 6.07) is 12.8. The lowest BCUT2D eigenvalue weighted by Gasteiger charge is -2.08. The van der Waals surface area contributed by atoms with E-state index in [1.54, 1.807) is 25.1 Å². The van der Waals surface area contributed by atoms with Crippen LogP contribution in [-0.2, 0) is 4.74 Å². The highest BCUT2D eigenvalue weighted by Gasteiger charge is 2.21. The van der Waals surface area contributed by atoms with Crippen LogP contribution in [0, 0.1) is 6.92 Å². The van der Waals surface area contributed by atoms with Gasteiger partial charge in [-0.2, -0.15) is 0 Å². The summed E-state index contributed by atoms with van der Waals surface area (Å²) in [6.45, 7) is 5.56. The second kappa shape index (κ2) is 8.20. The van der Waals surface area contributed by atoms with Gasteiger partial charge in [-0.1, -0.05) is 49.3 Å². The first-order valence-electron chi connectivity index (χ1n) is 9.55. The maximum absolute atomic E-state index is 12.8. The standard InChI is InChI=1S/C23H20N2O4S/c1-13(2)15-6-8-16(9-7-15)19(26)12-28-23(27)17-11-18(20-5-4-10-30-20)24-22-21(17)14(3)25-29-22/h4-11,13H,12H2,1-3H3. The predicted molar refractivity (Wildman–Crippen MR) is 115 cm³/mol. The molecule has 0 aliphatic rings. The van der Waals surface area contributed by atoms with E-state index < -0.39 is 5.97 Å². The molecular formula is C23H20N2O4S. The molecule has 0 aliphatic heterocycles. The van der Waals surface area contributed by atoms with Crippen LogP contribution < -0.4 is 0 Å². The summed E-state index contributed by atoms with van der Waals surface area (Å²) in [6.07, 6.45) is 0. The monoisotopic (exact) mass is 420 g/mol. The van der Waals surface area contributed by atoms with Crippen molar-refractivity contribution in [1.29, 1.82) is 0 Å². The number of aromatic nitrogens is 2. The molecule has 3 aromatic heterocycles. The quantitative estimate of drug-likeness (QED) is 0.306. The number of benzene rings is 1. The van der Waals surface area contributed by atoms with Crippen molar-refractivity contribution in [2.24, 2.45) is 0 Å². The smallest absolute Gasteiger partial charge is 0.339 e. The van der Waals surface area contributed by atoms with Crippen LogP contribution in [0.1, 0.15) is 51.7 Å². The molecule has 0 unspecified atom stereocenters. The Morgan fingerprint density at radius 1 is 1.17 bits per heavy atom. The summed E-state index contributed by atoms with van der Waals surface area (Å²) in [7, 11) is 0. The Hall–Kier alpha value is -3.32. The van der Waals surface area contributed by atoms with Crippen LogP contribution >= 0.6 is 11.3 Å². The fourth-order valence-electron chi connectivity index (χ4n) is 3.15. The SMILES string of the molecule is Cc1noc2nc(-c3cccs3)cc(C(=O)OCC(=O)c3ccc(C(C)C)cc3)c12. The Bertz CT molecular complexity index is 1210. The molecule has 1 aromatic carbocycles. The van der Waals surface area contributed by atoms with Gasteiger partial charge in [0.25, 0.3) is 5.71 Å². The van der Waals surface area contributed by atoms with Crippen LogP contribution in [0.4, 0.5) is 0 Å². The van der Waals surface area contributed by atoms with E-state index in [0.717, 1.165) is 10.4 Å². The molecule has 0 saturated carbocycles. The topological polar surface area (TPSA) is 82.3 Å². The molecule has 7 heteroatoms. The summed E-state index contributed by atoms with van der Waals surface area (Å²) in [5, 5.41) is 6.34. The molecule has 0 amide bonds. The van der Waals surface area contributed by atoms with E-state index in [9.17, 15) is 9.59 Å². The molecule has 4 rings (SSSR count). The van der Waals surface area contributed by atoms with Crippen molar-refractivity contribution in [3.63, 3.8) is 0 Å². The number of aryl methyl sites for hydroxylation is 1. The molecule has 0 atom stereocenters. The summed E-state index contributed by atoms with van der Waals surface area (Å²) < 4.78 is 10.6. The summed E-state index contributed by atoms with van der Waals surface area (Å²) in [5.74, 6) is -0.492. The van der Waals surface area contributed by atoms with Crippen LogP contribution in [0.25, 0.3) is 21.7 Å². The third-order valence-electron chi connectivity index (χ3n) is 4.84. The van der Waals surface area contributed by atoms with Gasteiger partial charge in [-0.25, -0.2) is 9.78 Å². The highest BCUT2D eigenvalue weighted by atomic mass is 32.1. The molecule has 0 fully saturated rings. The second-order valence-electron chi connectivity index (χ2n) is 7.26. The summed E-state index contributed by atoms with van der Waals surface area (Å²) >= 11 is 1.50. The minimum Gasteiger partial charge on any atom is -0.454 e. The first-order chi connectivity index (χ1) is 14.4. The predicted octanol–water partition coefficient (Wildman–Crippen LogP) is 5.42. The lowest BCUT2D eigenvalue weighted by molar-refractivity contribution is 0.0476. The Balaban J connectivity index is 1.57. The zero-order valence-electron chi connectivity index (χ0n) is 16.8. The van der Waals surface area contributed by atoms with E-state index in [1.165, 1.54) is 11.3 Å². The van der Waals surface area contributed by atoms with Gasteiger partial charge in [-0.3, -0.25) is 4.79 Å². The maximum atomic E-state index is 12.8. The molecule has 0 aliphatic carbocycles. The first-order valence-corrected chi connectivity index (χ1v) is 10.4. The molecule has 6 nitrogen and oxygen atoms in total. The molecule has 152 valence electrons. The van der Waals surface area contributed by atoms with Gasteiger partial charge in [-0.15, -0.1) is 11.3 Å². The normalized spacial score (nSPS) is 11.2. The Morgan fingerprint density at radius 2 is 1.93 bits per heavy atom. The van der Waals surface area contributed by atoms with E-state index in [4.69, 9.17) is 9.26 Å². The van der Waals surface area contributed by atoms with E-state index in [2.05, 4.69) is 24.0 Å². The fraction of sp³-hybridized carbons (Fsp3) is 0.217. The lowest BCUT2D eigenvalue weighted by atomic mass is 10.0. The largest absolute Gasteiger partial charge is 0.454 e. The van der Waals surface area contributed by atoms with Crippen LogP contribution in [0.3, 0.4) is 0 Å². The number of nitrogens with zero attached hydrogens (tertiary/aromatic N) is 2. The number of pyridine rings is 1. The minimum atomic E-state index is -0.612. The van der Waals surface area contributed by atoms with Gasteiger partial charge >= 0.3 is 5.97 Å². The zero-order valence-corrected chi connectivity index (χ0v) is 17.7. The molecule has 0 bridgehead atoms. The molecule has 0 radical (unpaired) electrons. The molecule has 30 heavy (non-hydrogen) atoms. The lowest BCUT2D eigenvalue weighted by Crippen LogP contribution is -2.15. The van der Waals surface area contributed by atoms with Gasteiger partial charge in [0, 0.05) is 5.56 Å². The minimum absolute atomic E-state index is 0.260. The number of carbonyl (C=O) groups is 2. The van der Waals surface area contributed by atoms with E-state index in [1.807, 2.05) is 29.6 Å². The highest BCUT2D eigenvalue weighted by molar-refractivity contribution is 7.13. The van der Waals surface area contributed by atoms with Crippen molar-refractivity contribution < 1.29 is 18.8 Å². The van der Waals surface area contributed by atoms with Crippen molar-refractivity contribution in [3.05, 3.63) is 70.2 Å². The average molecular weight is 420 g/mol. The molecule has 0 N–H and O–H groups in total. The van der Waals surface area contributed by atoms with Gasteiger partial charge in [0.05, 0.1) is 27.2 Å². The number of esters is 1. The zero-order chi connectivity index (χ0) is 21.3. The number of hydrogen-bond donors (Lipinski definition) is 0. The van der Waals surface area contributed by atoms with Gasteiger partial charge in [0.1, 0.15) is 0 Å². The number of Topliss-reactive ketones (excluding diaryl/α,β-unsaturated/α-hetero) is 1. The van der Waals surface area contributed by atoms with Crippen molar-refractivity contribution in [2.75, 3.05) is 6.61 Å². The number of ketones is 1. The number of thiophene rings is 1. The maximum Gasteiger partial charge on any atom is 0.339 e. The van der Waals surface area contributed by atoms with Gasteiger partial charge in [0.15, 0.2) is 12.4 Å². The van der Waals surface area contributed by atoms with E-state index in [-0.39, 0.29) is 23.7 Å². The third-order valence-corrected chi connectivity index (χ3v) is 5.74. The fourth-order valence-corrected chi connectivity index (χ4v) is 3.84. The van der Waals surface area contributed by atoms with E-state index in [0.29, 0.717) is 28.3 Å². The van der Waals surface area contributed by atoms with E-state index >= 15 is 0 Å². The third kappa shape index (κ3) is 3.89. The Kier molecular flexibility index (Phi) is 5.46. The Labute approximate surface area is 177 Å². The Morgan fingerprint density at radius 3 is 2.60 bits per heavy atom. The van der Waals surface area contributed by atoms with Gasteiger partial charge < -0.3 is 9.26 Å². The number of rotatable bonds is 6. The van der Waals surface area contributed by atoms with Crippen molar-refractivity contribution in [3.8, 4) is 10.6 Å². The van der Waals surface area contributed by atoms with Crippen LogP contribution in [0.15, 0.2) is 52.4 Å². The molecule has 3 heterocycles. The molecule has 0 spiro atoms. The van der Waals surface area contributed by atoms with Crippen LogP contribution in [-0.4, -0.2) is 28.5 Å². The van der Waals surface area contributed by atoms with Gasteiger partial charge in [0.2, 0.25) is 0 Å². The average Bonchev–Trinajstić information content (AvgIpc) is 3.41. The number of hydrogen-bond acceptors (Lipinski definition) is 7. The molecule has 0 saturated heterocycles. The summed E-state index contributed by atoms with van der Waals surface area (Å²) in [4.78, 5) is 30.7. The van der Waals surface area contributed by atoms with Gasteiger partial charge in [-0.05, 0) is 35.9 Å². The highest BCUT2D eigenvalue weighted by Crippen LogP contribution is 2.29. The number of carbonyl (C=O) groups excluding carboxylic acids is 2. The number of ether oxygens (including phenoxy) is 1. The van der Waals surface area contributed by atoms with Crippen molar-refractivity contribution in [2.45, 2.75) is 26.7 Å². The van der Waals surface area contributed by atoms with Crippen molar-refractivity contribution in [1.82, 2.24) is 10.1 Å². The van der Waals surface area contributed by atoms with Crippen molar-refractivity contribution >= 4 is 34.2 Å². The number of fused-ring (bicyclic) bond motifs is 1. The molecular weight excluding hydrogens is 400 g/mol. The summed E-state index contributed by atoms with van der Waals surface area (Å²) in [5.41, 5.74) is 3.33. The van der Waals surface area contributed by atoms with Crippen LogP contribution in [0.2, 0.25) is 0 Å². The first kappa shape index (κ1) is 20.0.